The third-order valence-corrected chi connectivity index (χ3v) is 1.81. The minimum absolute atomic E-state index is 0.417. The van der Waals surface area contributed by atoms with Crippen molar-refractivity contribution < 1.29 is 9.90 Å². The maximum atomic E-state index is 10.1. The Morgan fingerprint density at radius 2 is 2.54 bits per heavy atom. The summed E-state index contributed by atoms with van der Waals surface area (Å²) in [5.74, 6) is -0.963. The number of rotatable bonds is 3. The average molecular weight is 201 g/mol. The van der Waals surface area contributed by atoms with Gasteiger partial charge in [0.1, 0.15) is 0 Å². The van der Waals surface area contributed by atoms with Gasteiger partial charge in [-0.15, -0.1) is 0 Å². The summed E-state index contributed by atoms with van der Waals surface area (Å²) in [5.41, 5.74) is 0.741. The van der Waals surface area contributed by atoms with E-state index in [2.05, 4.69) is 5.10 Å². The fraction of sp³-hybridized carbons (Fsp3) is 0.250. The van der Waals surface area contributed by atoms with Crippen LogP contribution in [0.1, 0.15) is 5.69 Å². The molecule has 0 aliphatic rings. The molecule has 1 N–H and O–H groups in total. The van der Waals surface area contributed by atoms with Crippen LogP contribution in [0.3, 0.4) is 0 Å². The van der Waals surface area contributed by atoms with Crippen LogP contribution in [0.5, 0.6) is 0 Å². The summed E-state index contributed by atoms with van der Waals surface area (Å²) in [7, 11) is 0. The van der Waals surface area contributed by atoms with E-state index in [1.165, 1.54) is 6.08 Å². The van der Waals surface area contributed by atoms with E-state index in [1.807, 2.05) is 0 Å². The quantitative estimate of drug-likeness (QED) is 0.753. The average Bonchev–Trinajstić information content (AvgIpc) is 2.30. The molecule has 0 spiro atoms. The Bertz CT molecular complexity index is 324. The van der Waals surface area contributed by atoms with Gasteiger partial charge >= 0.3 is 5.97 Å². The molecule has 0 aliphatic carbocycles. The molecule has 70 valence electrons. The van der Waals surface area contributed by atoms with Gasteiger partial charge in [-0.1, -0.05) is 17.7 Å². The Kier molecular flexibility index (Phi) is 3.08. The summed E-state index contributed by atoms with van der Waals surface area (Å²) in [6.45, 7) is 2.21. The topological polar surface area (TPSA) is 55.1 Å². The van der Waals surface area contributed by atoms with Gasteiger partial charge in [-0.25, -0.2) is 4.79 Å². The SMILES string of the molecule is Cc1nn(CC=CC(=O)O)cc1Cl. The van der Waals surface area contributed by atoms with Crippen molar-refractivity contribution in [3.8, 4) is 0 Å². The highest BCUT2D eigenvalue weighted by Gasteiger charge is 1.99. The lowest BCUT2D eigenvalue weighted by atomic mass is 10.5. The van der Waals surface area contributed by atoms with Crippen LogP contribution >= 0.6 is 11.6 Å². The zero-order valence-corrected chi connectivity index (χ0v) is 7.82. The first kappa shape index (κ1) is 9.80. The number of hydrogen-bond donors (Lipinski definition) is 1. The van der Waals surface area contributed by atoms with E-state index in [9.17, 15) is 4.79 Å². The molecule has 0 aromatic carbocycles. The predicted molar refractivity (Wildman–Crippen MR) is 48.7 cm³/mol. The number of nitrogens with zero attached hydrogens (tertiary/aromatic N) is 2. The lowest BCUT2D eigenvalue weighted by molar-refractivity contribution is -0.131. The van der Waals surface area contributed by atoms with Crippen molar-refractivity contribution in [3.63, 3.8) is 0 Å². The van der Waals surface area contributed by atoms with Crippen LogP contribution in [0.4, 0.5) is 0 Å². The molecule has 0 radical (unpaired) electrons. The van der Waals surface area contributed by atoms with Crippen molar-refractivity contribution in [1.29, 1.82) is 0 Å². The van der Waals surface area contributed by atoms with Crippen LogP contribution in [0, 0.1) is 6.92 Å². The highest BCUT2D eigenvalue weighted by Crippen LogP contribution is 2.11. The zero-order chi connectivity index (χ0) is 9.84. The van der Waals surface area contributed by atoms with Crippen LogP contribution in [0.25, 0.3) is 0 Å². The van der Waals surface area contributed by atoms with Gasteiger partial charge in [-0.05, 0) is 6.92 Å². The van der Waals surface area contributed by atoms with E-state index >= 15 is 0 Å². The zero-order valence-electron chi connectivity index (χ0n) is 7.07. The van der Waals surface area contributed by atoms with Gasteiger partial charge in [0.2, 0.25) is 0 Å². The molecule has 1 heterocycles. The molecule has 0 fully saturated rings. The van der Waals surface area contributed by atoms with E-state index in [0.29, 0.717) is 11.6 Å². The van der Waals surface area contributed by atoms with Gasteiger partial charge in [0, 0.05) is 12.3 Å². The molecule has 0 atom stereocenters. The summed E-state index contributed by atoms with van der Waals surface area (Å²) < 4.78 is 1.58. The standard InChI is InChI=1S/C8H9ClN2O2/c1-6-7(9)5-11(10-6)4-2-3-8(12)13/h2-3,5H,4H2,1H3,(H,12,13). The molecule has 1 rings (SSSR count). The maximum absolute atomic E-state index is 10.1. The first-order valence-corrected chi connectivity index (χ1v) is 4.06. The monoisotopic (exact) mass is 200 g/mol. The lowest BCUT2D eigenvalue weighted by Gasteiger charge is -1.92. The summed E-state index contributed by atoms with van der Waals surface area (Å²) in [6.07, 6.45) is 4.24. The molecule has 0 unspecified atom stereocenters. The molecule has 1 aromatic heterocycles. The van der Waals surface area contributed by atoms with Gasteiger partial charge in [-0.3, -0.25) is 4.68 Å². The smallest absolute Gasteiger partial charge is 0.328 e. The Balaban J connectivity index is 2.60. The van der Waals surface area contributed by atoms with Crippen LogP contribution < -0.4 is 0 Å². The van der Waals surface area contributed by atoms with Gasteiger partial charge in [0.15, 0.2) is 0 Å². The normalized spacial score (nSPS) is 10.9. The maximum Gasteiger partial charge on any atom is 0.328 e. The third-order valence-electron chi connectivity index (χ3n) is 1.44. The number of carboxylic acid groups (broad SMARTS) is 1. The third kappa shape index (κ3) is 2.91. The lowest BCUT2D eigenvalue weighted by Crippen LogP contribution is -1.97. The second-order valence-corrected chi connectivity index (χ2v) is 2.93. The molecule has 1 aromatic rings. The molecule has 4 nitrogen and oxygen atoms in total. The minimum Gasteiger partial charge on any atom is -0.478 e. The molecule has 0 saturated heterocycles. The number of carbonyl (C=O) groups is 1. The van der Waals surface area contributed by atoms with Crippen LogP contribution in [-0.2, 0) is 11.3 Å². The van der Waals surface area contributed by atoms with Crippen molar-refractivity contribution in [3.05, 3.63) is 29.1 Å². The Hall–Kier alpha value is -1.29. The first-order chi connectivity index (χ1) is 6.09. The number of halogens is 1. The van der Waals surface area contributed by atoms with Crippen molar-refractivity contribution in [1.82, 2.24) is 9.78 Å². The van der Waals surface area contributed by atoms with Crippen molar-refractivity contribution >= 4 is 17.6 Å². The fourth-order valence-electron chi connectivity index (χ4n) is 0.849. The second-order valence-electron chi connectivity index (χ2n) is 2.53. The number of allylic oxidation sites excluding steroid dienone is 1. The molecule has 0 bridgehead atoms. The van der Waals surface area contributed by atoms with Crippen LogP contribution in [-0.4, -0.2) is 20.9 Å². The fourth-order valence-corrected chi connectivity index (χ4v) is 0.999. The van der Waals surface area contributed by atoms with Crippen molar-refractivity contribution in [2.24, 2.45) is 0 Å². The number of carboxylic acids is 1. The van der Waals surface area contributed by atoms with Gasteiger partial charge in [-0.2, -0.15) is 5.10 Å². The van der Waals surface area contributed by atoms with Crippen molar-refractivity contribution in [2.75, 3.05) is 0 Å². The summed E-state index contributed by atoms with van der Waals surface area (Å²) >= 11 is 5.75. The summed E-state index contributed by atoms with van der Waals surface area (Å²) in [4.78, 5) is 10.1. The molecular formula is C8H9ClN2O2. The Morgan fingerprint density at radius 1 is 1.85 bits per heavy atom. The molecule has 0 amide bonds. The molecule has 5 heteroatoms. The second kappa shape index (κ2) is 4.09. The molecule has 13 heavy (non-hydrogen) atoms. The first-order valence-electron chi connectivity index (χ1n) is 3.68. The molecule has 0 aliphatic heterocycles. The largest absolute Gasteiger partial charge is 0.478 e. The number of aliphatic carboxylic acids is 1. The van der Waals surface area contributed by atoms with Gasteiger partial charge in [0.25, 0.3) is 0 Å². The molecular weight excluding hydrogens is 192 g/mol. The van der Waals surface area contributed by atoms with Crippen molar-refractivity contribution in [2.45, 2.75) is 13.5 Å². The van der Waals surface area contributed by atoms with Crippen LogP contribution in [0.15, 0.2) is 18.3 Å². The predicted octanol–water partition coefficient (Wildman–Crippen LogP) is 1.49. The Morgan fingerprint density at radius 3 is 3.00 bits per heavy atom. The number of aromatic nitrogens is 2. The molecule has 0 saturated carbocycles. The van der Waals surface area contributed by atoms with E-state index in [0.717, 1.165) is 11.8 Å². The summed E-state index contributed by atoms with van der Waals surface area (Å²) in [5, 5.41) is 12.9. The van der Waals surface area contributed by atoms with E-state index < -0.39 is 5.97 Å². The van der Waals surface area contributed by atoms with Gasteiger partial charge < -0.3 is 5.11 Å². The highest BCUT2D eigenvalue weighted by molar-refractivity contribution is 6.31. The number of hydrogen-bond acceptors (Lipinski definition) is 2. The van der Waals surface area contributed by atoms with Crippen LogP contribution in [0.2, 0.25) is 5.02 Å². The van der Waals surface area contributed by atoms with E-state index in [1.54, 1.807) is 17.8 Å². The van der Waals surface area contributed by atoms with E-state index in [4.69, 9.17) is 16.7 Å². The highest BCUT2D eigenvalue weighted by atomic mass is 35.5. The minimum atomic E-state index is -0.963. The Labute approximate surface area is 80.4 Å². The summed E-state index contributed by atoms with van der Waals surface area (Å²) in [6, 6.07) is 0. The number of aryl methyl sites for hydroxylation is 1. The van der Waals surface area contributed by atoms with E-state index in [-0.39, 0.29) is 0 Å². The van der Waals surface area contributed by atoms with Gasteiger partial charge in [0.05, 0.1) is 17.3 Å².